The lowest BCUT2D eigenvalue weighted by molar-refractivity contribution is 0.112. The predicted molar refractivity (Wildman–Crippen MR) is 73.7 cm³/mol. The van der Waals surface area contributed by atoms with Crippen LogP contribution in [0.25, 0.3) is 16.6 Å². The van der Waals surface area contributed by atoms with Crippen molar-refractivity contribution in [2.45, 2.75) is 0 Å². The summed E-state index contributed by atoms with van der Waals surface area (Å²) in [5.41, 5.74) is 2.65. The molecule has 3 heteroatoms. The van der Waals surface area contributed by atoms with E-state index in [0.29, 0.717) is 10.6 Å². The first-order valence-corrected chi connectivity index (χ1v) is 5.98. The number of fused-ring (bicyclic) bond motifs is 1. The quantitative estimate of drug-likeness (QED) is 0.632. The van der Waals surface area contributed by atoms with Crippen LogP contribution in [0.1, 0.15) is 10.4 Å². The number of aromatic nitrogens is 1. The molecule has 0 aliphatic rings. The van der Waals surface area contributed by atoms with Crippen molar-refractivity contribution >= 4 is 28.8 Å². The van der Waals surface area contributed by atoms with E-state index in [9.17, 15) is 4.79 Å². The fourth-order valence-corrected chi connectivity index (χ4v) is 2.30. The molecule has 0 saturated heterocycles. The van der Waals surface area contributed by atoms with Gasteiger partial charge in [0.15, 0.2) is 6.29 Å². The molecule has 2 nitrogen and oxygen atoms in total. The Hall–Kier alpha value is -2.06. The molecule has 0 bridgehead atoms. The smallest absolute Gasteiger partial charge is 0.152 e. The summed E-state index contributed by atoms with van der Waals surface area (Å²) < 4.78 is 2.00. The summed E-state index contributed by atoms with van der Waals surface area (Å²) in [6.45, 7) is 0. The average Bonchev–Trinajstić information content (AvgIpc) is 2.77. The third kappa shape index (κ3) is 1.71. The van der Waals surface area contributed by atoms with Crippen LogP contribution in [-0.4, -0.2) is 10.9 Å². The van der Waals surface area contributed by atoms with Crippen LogP contribution < -0.4 is 0 Å². The molecule has 0 unspecified atom stereocenters. The molecule has 0 aliphatic heterocycles. The van der Waals surface area contributed by atoms with Gasteiger partial charge in [-0.25, -0.2) is 0 Å². The van der Waals surface area contributed by atoms with Crippen LogP contribution in [0.15, 0.2) is 54.7 Å². The van der Waals surface area contributed by atoms with E-state index < -0.39 is 0 Å². The Morgan fingerprint density at radius 3 is 2.56 bits per heavy atom. The van der Waals surface area contributed by atoms with E-state index >= 15 is 0 Å². The number of hydrogen-bond donors (Lipinski definition) is 0. The van der Waals surface area contributed by atoms with Gasteiger partial charge >= 0.3 is 0 Å². The molecule has 0 atom stereocenters. The fourth-order valence-electron chi connectivity index (χ4n) is 2.12. The lowest BCUT2D eigenvalue weighted by atomic mass is 10.2. The van der Waals surface area contributed by atoms with E-state index in [4.69, 9.17) is 11.6 Å². The average molecular weight is 256 g/mol. The van der Waals surface area contributed by atoms with Crippen molar-refractivity contribution in [3.63, 3.8) is 0 Å². The van der Waals surface area contributed by atoms with Crippen LogP contribution in [0, 0.1) is 0 Å². The van der Waals surface area contributed by atoms with Gasteiger partial charge in [0.05, 0.1) is 5.52 Å². The molecular weight excluding hydrogens is 246 g/mol. The Kier molecular flexibility index (Phi) is 2.65. The van der Waals surface area contributed by atoms with Gasteiger partial charge in [-0.2, -0.15) is 0 Å². The monoisotopic (exact) mass is 255 g/mol. The number of carbonyl (C=O) groups is 1. The molecular formula is C15H10ClNO. The highest BCUT2D eigenvalue weighted by Crippen LogP contribution is 2.26. The summed E-state index contributed by atoms with van der Waals surface area (Å²) in [7, 11) is 0. The van der Waals surface area contributed by atoms with Crippen LogP contribution in [0.5, 0.6) is 0 Å². The van der Waals surface area contributed by atoms with Crippen LogP contribution >= 0.6 is 11.6 Å². The van der Waals surface area contributed by atoms with Crippen molar-refractivity contribution < 1.29 is 4.79 Å². The molecule has 0 fully saturated rings. The molecule has 0 amide bonds. The van der Waals surface area contributed by atoms with Gasteiger partial charge < -0.3 is 4.57 Å². The lowest BCUT2D eigenvalue weighted by Crippen LogP contribution is -1.90. The normalized spacial score (nSPS) is 10.7. The van der Waals surface area contributed by atoms with Crippen molar-refractivity contribution in [1.29, 1.82) is 0 Å². The molecule has 0 spiro atoms. The maximum absolute atomic E-state index is 11.1. The van der Waals surface area contributed by atoms with E-state index in [1.165, 1.54) is 0 Å². The number of rotatable bonds is 2. The van der Waals surface area contributed by atoms with Crippen molar-refractivity contribution in [3.05, 3.63) is 65.3 Å². The fraction of sp³-hybridized carbons (Fsp3) is 0. The van der Waals surface area contributed by atoms with E-state index in [2.05, 4.69) is 0 Å². The van der Waals surface area contributed by atoms with Crippen molar-refractivity contribution in [2.24, 2.45) is 0 Å². The molecule has 18 heavy (non-hydrogen) atoms. The lowest BCUT2D eigenvalue weighted by Gasteiger charge is -2.04. The Morgan fingerprint density at radius 2 is 1.83 bits per heavy atom. The molecule has 1 heterocycles. The number of benzene rings is 2. The summed E-state index contributed by atoms with van der Waals surface area (Å²) in [5.74, 6) is 0. The molecule has 0 saturated carbocycles. The zero-order valence-electron chi connectivity index (χ0n) is 9.51. The van der Waals surface area contributed by atoms with Crippen molar-refractivity contribution in [1.82, 2.24) is 4.57 Å². The summed E-state index contributed by atoms with van der Waals surface area (Å²) in [6, 6.07) is 15.5. The van der Waals surface area contributed by atoms with E-state index in [-0.39, 0.29) is 0 Å². The topological polar surface area (TPSA) is 22.0 Å². The molecule has 0 radical (unpaired) electrons. The number of para-hydroxylation sites is 1. The minimum absolute atomic E-state index is 0.636. The molecule has 2 aromatic carbocycles. The molecule has 0 aliphatic carbocycles. The minimum atomic E-state index is 0.636. The van der Waals surface area contributed by atoms with Gasteiger partial charge in [0.2, 0.25) is 0 Å². The highest BCUT2D eigenvalue weighted by Gasteiger charge is 2.09. The SMILES string of the molecule is O=Cc1cn(-c2ccccc2)c2ccc(Cl)cc12. The second-order valence-corrected chi connectivity index (χ2v) is 4.51. The number of halogens is 1. The first-order chi connectivity index (χ1) is 8.79. The van der Waals surface area contributed by atoms with E-state index in [1.807, 2.05) is 59.3 Å². The van der Waals surface area contributed by atoms with Crippen LogP contribution in [0.4, 0.5) is 0 Å². The Labute approximate surface area is 109 Å². The van der Waals surface area contributed by atoms with Gasteiger partial charge in [0.1, 0.15) is 0 Å². The standard InChI is InChI=1S/C15H10ClNO/c16-12-6-7-15-14(8-12)11(10-18)9-17(15)13-4-2-1-3-5-13/h1-10H. The molecule has 88 valence electrons. The summed E-state index contributed by atoms with van der Waals surface area (Å²) in [6.07, 6.45) is 2.70. The number of aldehydes is 1. The Balaban J connectivity index is 2.34. The molecule has 3 rings (SSSR count). The second kappa shape index (κ2) is 4.31. The van der Waals surface area contributed by atoms with Crippen LogP contribution in [0.3, 0.4) is 0 Å². The van der Waals surface area contributed by atoms with E-state index in [1.54, 1.807) is 0 Å². The minimum Gasteiger partial charge on any atom is -0.316 e. The first-order valence-electron chi connectivity index (χ1n) is 5.61. The Bertz CT molecular complexity index is 716. The maximum Gasteiger partial charge on any atom is 0.152 e. The van der Waals surface area contributed by atoms with Gasteiger partial charge in [0.25, 0.3) is 0 Å². The number of carbonyl (C=O) groups excluding carboxylic acids is 1. The van der Waals surface area contributed by atoms with E-state index in [0.717, 1.165) is 22.9 Å². The Morgan fingerprint density at radius 1 is 1.06 bits per heavy atom. The number of hydrogen-bond acceptors (Lipinski definition) is 1. The first kappa shape index (κ1) is 11.1. The van der Waals surface area contributed by atoms with Crippen molar-refractivity contribution in [2.75, 3.05) is 0 Å². The van der Waals surface area contributed by atoms with Gasteiger partial charge in [-0.05, 0) is 30.3 Å². The maximum atomic E-state index is 11.1. The third-order valence-corrected chi connectivity index (χ3v) is 3.19. The summed E-state index contributed by atoms with van der Waals surface area (Å²) in [4.78, 5) is 11.1. The molecule has 3 aromatic rings. The molecule has 1 aromatic heterocycles. The van der Waals surface area contributed by atoms with Gasteiger partial charge in [-0.15, -0.1) is 0 Å². The van der Waals surface area contributed by atoms with Gasteiger partial charge in [-0.1, -0.05) is 29.8 Å². The zero-order valence-corrected chi connectivity index (χ0v) is 10.3. The zero-order chi connectivity index (χ0) is 12.5. The molecule has 0 N–H and O–H groups in total. The predicted octanol–water partition coefficient (Wildman–Crippen LogP) is 4.10. The highest BCUT2D eigenvalue weighted by atomic mass is 35.5. The number of nitrogens with zero attached hydrogens (tertiary/aromatic N) is 1. The van der Waals surface area contributed by atoms with Crippen molar-refractivity contribution in [3.8, 4) is 5.69 Å². The summed E-state index contributed by atoms with van der Waals surface area (Å²) in [5, 5.41) is 1.51. The third-order valence-electron chi connectivity index (χ3n) is 2.96. The second-order valence-electron chi connectivity index (χ2n) is 4.07. The van der Waals surface area contributed by atoms with Gasteiger partial charge in [-0.3, -0.25) is 4.79 Å². The largest absolute Gasteiger partial charge is 0.316 e. The van der Waals surface area contributed by atoms with Gasteiger partial charge in [0, 0.05) is 27.9 Å². The highest BCUT2D eigenvalue weighted by molar-refractivity contribution is 6.31. The summed E-state index contributed by atoms with van der Waals surface area (Å²) >= 11 is 5.98. The van der Waals surface area contributed by atoms with Crippen LogP contribution in [0.2, 0.25) is 5.02 Å². The van der Waals surface area contributed by atoms with Crippen LogP contribution in [-0.2, 0) is 0 Å².